The molecular formula is C68H80F2N4S8Si. The Kier molecular flexibility index (Phi) is 20.9. The average Bonchev–Trinajstić information content (AvgIpc) is 2.60. The number of aromatic nitrogens is 4. The molecule has 9 heterocycles. The van der Waals surface area contributed by atoms with Gasteiger partial charge in [-0.2, -0.15) is 17.5 Å². The average molecular weight is 1280 g/mol. The number of benzene rings is 2. The Bertz CT molecular complexity index is 3490. The molecule has 2 atom stereocenters. The molecule has 83 heavy (non-hydrogen) atoms. The summed E-state index contributed by atoms with van der Waals surface area (Å²) in [4.78, 5) is 14.2. The van der Waals surface area contributed by atoms with Crippen molar-refractivity contribution >= 4 is 132 Å². The highest BCUT2D eigenvalue weighted by Crippen LogP contribution is 2.52. The van der Waals surface area contributed by atoms with Crippen molar-refractivity contribution in [2.75, 3.05) is 0 Å². The van der Waals surface area contributed by atoms with E-state index in [2.05, 4.69) is 102 Å². The Morgan fingerprint density at radius 2 is 0.759 bits per heavy atom. The highest BCUT2D eigenvalue weighted by molar-refractivity contribution is 7.32. The summed E-state index contributed by atoms with van der Waals surface area (Å²) < 4.78 is 54.8. The molecule has 0 saturated heterocycles. The second-order valence-corrected chi connectivity index (χ2v) is 35.1. The van der Waals surface area contributed by atoms with Crippen molar-refractivity contribution in [1.82, 2.24) is 17.5 Å². The highest BCUT2D eigenvalue weighted by atomic mass is 32.1. The van der Waals surface area contributed by atoms with Gasteiger partial charge in [0.15, 0.2) is 0 Å². The van der Waals surface area contributed by atoms with Crippen molar-refractivity contribution in [3.63, 3.8) is 0 Å². The molecule has 2 unspecified atom stereocenters. The van der Waals surface area contributed by atoms with E-state index in [4.69, 9.17) is 17.5 Å². The number of nitrogens with zero attached hydrogens (tertiary/aromatic N) is 4. The van der Waals surface area contributed by atoms with E-state index < -0.39 is 8.07 Å². The molecule has 0 aliphatic carbocycles. The van der Waals surface area contributed by atoms with E-state index in [1.807, 2.05) is 22.7 Å². The number of aryl methyl sites for hydroxylation is 2. The molecule has 0 spiro atoms. The van der Waals surface area contributed by atoms with Gasteiger partial charge < -0.3 is 0 Å². The molecule has 0 bridgehead atoms. The van der Waals surface area contributed by atoms with Gasteiger partial charge >= 0.3 is 0 Å². The van der Waals surface area contributed by atoms with Gasteiger partial charge in [0.25, 0.3) is 0 Å². The summed E-state index contributed by atoms with van der Waals surface area (Å²) in [6, 6.07) is 28.4. The molecule has 4 nitrogen and oxygen atoms in total. The maximum absolute atomic E-state index is 17.6. The van der Waals surface area contributed by atoms with Crippen molar-refractivity contribution in [1.29, 1.82) is 0 Å². The SMILES string of the molecule is CCCCCCCCc1ccc(-c2ccc(-c3cc(F)c(-c4cc5c(s4)-c4sc(-c6c(F)cc(-c7ccc(-c8ccc(CCCCCCCC)s8)s7)c7nsnc67)cc4[Si]5(CC(CC)CCCC)CC(CC)CCCC)c4nsnc34)s2)s1. The number of rotatable bonds is 32. The van der Waals surface area contributed by atoms with Crippen LogP contribution < -0.4 is 10.4 Å². The molecule has 15 heteroatoms. The fourth-order valence-corrected chi connectivity index (χ4v) is 28.9. The van der Waals surface area contributed by atoms with Gasteiger partial charge in [0.2, 0.25) is 0 Å². The Morgan fingerprint density at radius 3 is 1.18 bits per heavy atom. The standard InChI is InChI=1S/C68H80F2N4S8Si/c1-7-13-17-19-21-23-27-45-29-31-53(75-45)55-35-33-51(77-55)47-37-49(69)61(65-63(47)71-81-73-65)57-39-59-67(79-57)68-60(83(59,41-43(11-5)25-15-9-3)42-44(12-6)26-16-10-4)40-58(80-68)62-50(70)38-48(64-66(62)74-82-72-64)52-34-36-56(78-52)54-32-30-46(76-54)28-24-22-20-18-14-8-2/h29-40,43-44H,7-28,41-42H2,1-6H3. The minimum absolute atomic E-state index is 0.252. The number of hydrogen-bond acceptors (Lipinski definition) is 12. The van der Waals surface area contributed by atoms with E-state index in [1.165, 1.54) is 188 Å². The molecule has 0 amide bonds. The van der Waals surface area contributed by atoms with Crippen LogP contribution in [0, 0.1) is 23.5 Å². The molecule has 10 aromatic rings. The molecule has 1 aliphatic heterocycles. The van der Waals surface area contributed by atoms with Crippen LogP contribution >= 0.6 is 91.5 Å². The van der Waals surface area contributed by atoms with Gasteiger partial charge in [-0.3, -0.25) is 0 Å². The smallest absolute Gasteiger partial charge is 0.134 e. The summed E-state index contributed by atoms with van der Waals surface area (Å²) in [7, 11) is -2.60. The first-order valence-corrected chi connectivity index (χ1v) is 40.0. The van der Waals surface area contributed by atoms with E-state index in [9.17, 15) is 0 Å². The molecule has 11 rings (SSSR count). The van der Waals surface area contributed by atoms with E-state index in [-0.39, 0.29) is 11.6 Å². The maximum Gasteiger partial charge on any atom is 0.134 e. The van der Waals surface area contributed by atoms with Crippen molar-refractivity contribution in [2.24, 2.45) is 11.8 Å². The Hall–Kier alpha value is -3.64. The van der Waals surface area contributed by atoms with Crippen LogP contribution in [0.3, 0.4) is 0 Å². The van der Waals surface area contributed by atoms with E-state index in [0.29, 0.717) is 34.0 Å². The lowest BCUT2D eigenvalue weighted by Gasteiger charge is -2.35. The number of hydrogen-bond donors (Lipinski definition) is 0. The zero-order valence-corrected chi connectivity index (χ0v) is 56.9. The Labute approximate surface area is 525 Å². The minimum Gasteiger partial charge on any atom is -0.206 e. The Morgan fingerprint density at radius 1 is 0.386 bits per heavy atom. The lowest BCUT2D eigenvalue weighted by Crippen LogP contribution is -2.56. The van der Waals surface area contributed by atoms with Crippen LogP contribution in [0.15, 0.2) is 72.8 Å². The second kappa shape index (κ2) is 28.5. The first kappa shape index (κ1) is 61.0. The molecule has 1 aliphatic rings. The third-order valence-corrected chi connectivity index (χ3v) is 31.8. The molecule has 438 valence electrons. The molecule has 0 radical (unpaired) electrons. The van der Waals surface area contributed by atoms with E-state index >= 15 is 8.78 Å². The van der Waals surface area contributed by atoms with Crippen LogP contribution in [0.2, 0.25) is 12.1 Å². The predicted molar refractivity (Wildman–Crippen MR) is 369 cm³/mol. The monoisotopic (exact) mass is 1270 g/mol. The normalized spacial score (nSPS) is 13.7. The fourth-order valence-electron chi connectivity index (χ4n) is 13.0. The Balaban J connectivity index is 0.954. The summed E-state index contributed by atoms with van der Waals surface area (Å²) in [5.41, 5.74) is 5.55. The maximum atomic E-state index is 17.6. The van der Waals surface area contributed by atoms with Gasteiger partial charge in [0, 0.05) is 69.7 Å². The van der Waals surface area contributed by atoms with Gasteiger partial charge in [0.1, 0.15) is 41.8 Å². The number of halogens is 2. The van der Waals surface area contributed by atoms with Crippen molar-refractivity contribution in [2.45, 2.75) is 195 Å². The molecular weight excluding hydrogens is 1200 g/mol. The fraction of sp³-hybridized carbons (Fsp3) is 0.471. The number of fused-ring (bicyclic) bond motifs is 5. The van der Waals surface area contributed by atoms with Crippen molar-refractivity contribution in [3.05, 3.63) is 94.2 Å². The lowest BCUT2D eigenvalue weighted by atomic mass is 10.0. The van der Waals surface area contributed by atoms with Crippen molar-refractivity contribution in [3.8, 4) is 71.0 Å². The summed E-state index contributed by atoms with van der Waals surface area (Å²) in [5, 5.41) is 2.91. The van der Waals surface area contributed by atoms with Gasteiger partial charge in [0.05, 0.1) is 34.6 Å². The molecule has 0 N–H and O–H groups in total. The first-order valence-electron chi connectivity index (χ1n) is 31.3. The molecule has 0 fully saturated rings. The summed E-state index contributed by atoms with van der Waals surface area (Å²) in [6.45, 7) is 13.9. The van der Waals surface area contributed by atoms with Gasteiger partial charge in [-0.25, -0.2) is 8.78 Å². The van der Waals surface area contributed by atoms with Crippen LogP contribution in [0.25, 0.3) is 93.1 Å². The van der Waals surface area contributed by atoms with Crippen molar-refractivity contribution < 1.29 is 8.78 Å². The minimum atomic E-state index is -2.60. The third kappa shape index (κ3) is 13.2. The van der Waals surface area contributed by atoms with Crippen LogP contribution in [0.4, 0.5) is 8.78 Å². The number of unbranched alkanes of at least 4 members (excludes halogenated alkanes) is 12. The predicted octanol–water partition coefficient (Wildman–Crippen LogP) is 24.1. The zero-order valence-electron chi connectivity index (χ0n) is 49.4. The van der Waals surface area contributed by atoms with E-state index in [1.54, 1.807) is 57.5 Å². The largest absolute Gasteiger partial charge is 0.206 e. The quantitative estimate of drug-likeness (QED) is 0.0311. The molecule has 2 aromatic carbocycles. The van der Waals surface area contributed by atoms with Gasteiger partial charge in [-0.1, -0.05) is 157 Å². The third-order valence-electron chi connectivity index (χ3n) is 17.6. The van der Waals surface area contributed by atoms with Crippen LogP contribution in [-0.4, -0.2) is 25.6 Å². The second-order valence-electron chi connectivity index (χ2n) is 23.4. The highest BCUT2D eigenvalue weighted by Gasteiger charge is 2.50. The van der Waals surface area contributed by atoms with Crippen LogP contribution in [0.1, 0.15) is 180 Å². The topological polar surface area (TPSA) is 51.6 Å². The number of thiophene rings is 6. The summed E-state index contributed by atoms with van der Waals surface area (Å²) in [5.74, 6) is 0.607. The zero-order chi connectivity index (χ0) is 57.5. The van der Waals surface area contributed by atoms with Crippen LogP contribution in [-0.2, 0) is 12.8 Å². The lowest BCUT2D eigenvalue weighted by molar-refractivity contribution is 0.469. The van der Waals surface area contributed by atoms with E-state index in [0.717, 1.165) is 79.4 Å². The first-order chi connectivity index (χ1) is 40.7. The van der Waals surface area contributed by atoms with Gasteiger partial charge in [-0.05, 0) is 133 Å². The van der Waals surface area contributed by atoms with Gasteiger partial charge in [-0.15, -0.1) is 68.0 Å². The van der Waals surface area contributed by atoms with Crippen LogP contribution in [0.5, 0.6) is 0 Å². The molecule has 0 saturated carbocycles. The summed E-state index contributed by atoms with van der Waals surface area (Å²) >= 11 is 13.0. The summed E-state index contributed by atoms with van der Waals surface area (Å²) in [6.07, 6.45) is 27.2. The molecule has 8 aromatic heterocycles.